The van der Waals surface area contributed by atoms with E-state index in [0.717, 1.165) is 17.5 Å². The molecule has 0 amide bonds. The van der Waals surface area contributed by atoms with Gasteiger partial charge in [0, 0.05) is 19.5 Å². The summed E-state index contributed by atoms with van der Waals surface area (Å²) in [5.41, 5.74) is 1.90. The molecule has 1 aliphatic heterocycles. The molecule has 1 heterocycles. The third kappa shape index (κ3) is 4.35. The number of benzene rings is 2. The van der Waals surface area contributed by atoms with Crippen LogP contribution in [0, 0.1) is 5.82 Å². The Labute approximate surface area is 152 Å². The van der Waals surface area contributed by atoms with E-state index in [1.54, 1.807) is 6.07 Å². The molecule has 0 N–H and O–H groups in total. The van der Waals surface area contributed by atoms with Crippen molar-refractivity contribution in [3.05, 3.63) is 52.3 Å². The largest absolute Gasteiger partial charge is 0.494 e. The van der Waals surface area contributed by atoms with Crippen LogP contribution < -0.4 is 14.2 Å². The van der Waals surface area contributed by atoms with Gasteiger partial charge < -0.3 is 14.2 Å². The van der Waals surface area contributed by atoms with Crippen molar-refractivity contribution in [3.63, 3.8) is 0 Å². The second-order valence-corrected chi connectivity index (χ2v) is 6.50. The van der Waals surface area contributed by atoms with E-state index in [-0.39, 0.29) is 11.6 Å². The molecule has 0 aliphatic carbocycles. The number of rotatable bonds is 5. The van der Waals surface area contributed by atoms with Crippen LogP contribution in [0.4, 0.5) is 4.39 Å². The van der Waals surface area contributed by atoms with Gasteiger partial charge in [-0.15, -0.1) is 0 Å². The topological polar surface area (TPSA) is 30.9 Å². The fourth-order valence-electron chi connectivity index (χ4n) is 2.86. The SMILES string of the molecule is COc1ccc(CN(C)Cc2cc(Cl)c3c(c2)OCCCO3)cc1F. The zero-order chi connectivity index (χ0) is 17.8. The lowest BCUT2D eigenvalue weighted by Gasteiger charge is -2.19. The number of hydrogen-bond donors (Lipinski definition) is 0. The van der Waals surface area contributed by atoms with Crippen molar-refractivity contribution in [2.24, 2.45) is 0 Å². The molecule has 25 heavy (non-hydrogen) atoms. The van der Waals surface area contributed by atoms with Crippen LogP contribution in [0.3, 0.4) is 0 Å². The van der Waals surface area contributed by atoms with E-state index in [4.69, 9.17) is 25.8 Å². The summed E-state index contributed by atoms with van der Waals surface area (Å²) < 4.78 is 30.1. The van der Waals surface area contributed by atoms with Gasteiger partial charge in [-0.3, -0.25) is 4.90 Å². The lowest BCUT2D eigenvalue weighted by atomic mass is 10.1. The molecule has 6 heteroatoms. The van der Waals surface area contributed by atoms with E-state index in [1.165, 1.54) is 13.2 Å². The van der Waals surface area contributed by atoms with Crippen molar-refractivity contribution >= 4 is 11.6 Å². The van der Waals surface area contributed by atoms with Gasteiger partial charge in [0.25, 0.3) is 0 Å². The maximum absolute atomic E-state index is 13.8. The quantitative estimate of drug-likeness (QED) is 0.791. The van der Waals surface area contributed by atoms with Crippen molar-refractivity contribution < 1.29 is 18.6 Å². The highest BCUT2D eigenvalue weighted by Crippen LogP contribution is 2.38. The predicted molar refractivity (Wildman–Crippen MR) is 95.2 cm³/mol. The maximum atomic E-state index is 13.8. The zero-order valence-corrected chi connectivity index (χ0v) is 15.1. The molecule has 0 saturated heterocycles. The molecule has 3 rings (SSSR count). The molecule has 0 saturated carbocycles. The maximum Gasteiger partial charge on any atom is 0.179 e. The van der Waals surface area contributed by atoms with Gasteiger partial charge >= 0.3 is 0 Å². The monoisotopic (exact) mass is 365 g/mol. The van der Waals surface area contributed by atoms with E-state index in [2.05, 4.69) is 4.90 Å². The number of nitrogens with zero attached hydrogens (tertiary/aromatic N) is 1. The molecule has 2 aromatic rings. The highest BCUT2D eigenvalue weighted by atomic mass is 35.5. The Balaban J connectivity index is 1.70. The number of ether oxygens (including phenoxy) is 3. The zero-order valence-electron chi connectivity index (χ0n) is 14.4. The molecule has 0 aromatic heterocycles. The lowest BCUT2D eigenvalue weighted by Crippen LogP contribution is -2.17. The second-order valence-electron chi connectivity index (χ2n) is 6.10. The Morgan fingerprint density at radius 3 is 2.64 bits per heavy atom. The Kier molecular flexibility index (Phi) is 5.66. The minimum atomic E-state index is -0.355. The van der Waals surface area contributed by atoms with Gasteiger partial charge in [0.05, 0.1) is 25.3 Å². The van der Waals surface area contributed by atoms with E-state index >= 15 is 0 Å². The molecule has 0 atom stereocenters. The van der Waals surface area contributed by atoms with Gasteiger partial charge in [-0.1, -0.05) is 17.7 Å². The Morgan fingerprint density at radius 1 is 1.12 bits per heavy atom. The standard InChI is InChI=1S/C19H21ClFNO3/c1-22(11-13-4-5-17(23-2)16(21)9-13)12-14-8-15(20)19-18(10-14)24-6-3-7-25-19/h4-5,8-10H,3,6-7,11-12H2,1-2H3. The minimum Gasteiger partial charge on any atom is -0.494 e. The number of hydrogen-bond acceptors (Lipinski definition) is 4. The van der Waals surface area contributed by atoms with Crippen molar-refractivity contribution in [2.75, 3.05) is 27.4 Å². The summed E-state index contributed by atoms with van der Waals surface area (Å²) in [6.45, 7) is 2.49. The van der Waals surface area contributed by atoms with Crippen LogP contribution in [0.2, 0.25) is 5.02 Å². The van der Waals surface area contributed by atoms with Crippen LogP contribution in [-0.2, 0) is 13.1 Å². The molecule has 2 aromatic carbocycles. The average molecular weight is 366 g/mol. The number of methoxy groups -OCH3 is 1. The number of fused-ring (bicyclic) bond motifs is 1. The molecule has 0 fully saturated rings. The fraction of sp³-hybridized carbons (Fsp3) is 0.368. The third-order valence-electron chi connectivity index (χ3n) is 3.98. The molecule has 0 spiro atoms. The van der Waals surface area contributed by atoms with Crippen LogP contribution in [0.25, 0.3) is 0 Å². The lowest BCUT2D eigenvalue weighted by molar-refractivity contribution is 0.296. The molecular weight excluding hydrogens is 345 g/mol. The number of halogens is 2. The predicted octanol–water partition coefficient (Wildman–Crippen LogP) is 4.28. The molecular formula is C19H21ClFNO3. The van der Waals surface area contributed by atoms with E-state index in [1.807, 2.05) is 25.2 Å². The first-order valence-electron chi connectivity index (χ1n) is 8.16. The second kappa shape index (κ2) is 7.93. The van der Waals surface area contributed by atoms with Crippen LogP contribution in [0.15, 0.2) is 30.3 Å². The summed E-state index contributed by atoms with van der Waals surface area (Å²) >= 11 is 6.33. The van der Waals surface area contributed by atoms with Gasteiger partial charge in [-0.05, 0) is 42.4 Å². The van der Waals surface area contributed by atoms with Gasteiger partial charge in [-0.2, -0.15) is 0 Å². The smallest absolute Gasteiger partial charge is 0.179 e. The summed E-state index contributed by atoms with van der Waals surface area (Å²) in [5.74, 6) is 1.19. The van der Waals surface area contributed by atoms with Crippen molar-refractivity contribution in [1.29, 1.82) is 0 Å². The van der Waals surface area contributed by atoms with Crippen LogP contribution >= 0.6 is 11.6 Å². The Hall–Kier alpha value is -1.98. The molecule has 4 nitrogen and oxygen atoms in total. The molecule has 0 bridgehead atoms. The van der Waals surface area contributed by atoms with Crippen molar-refractivity contribution in [1.82, 2.24) is 4.90 Å². The summed E-state index contributed by atoms with van der Waals surface area (Å²) in [5, 5.41) is 0.554. The van der Waals surface area contributed by atoms with Crippen molar-refractivity contribution in [2.45, 2.75) is 19.5 Å². The summed E-state index contributed by atoms with van der Waals surface area (Å²) in [6.07, 6.45) is 0.837. The molecule has 0 unspecified atom stereocenters. The van der Waals surface area contributed by atoms with Gasteiger partial charge in [0.2, 0.25) is 0 Å². The summed E-state index contributed by atoms with van der Waals surface area (Å²) in [6, 6.07) is 8.84. The van der Waals surface area contributed by atoms with Crippen LogP contribution in [0.1, 0.15) is 17.5 Å². The summed E-state index contributed by atoms with van der Waals surface area (Å²) in [4.78, 5) is 2.08. The average Bonchev–Trinajstić information content (AvgIpc) is 2.80. The Bertz CT molecular complexity index is 754. The highest BCUT2D eigenvalue weighted by molar-refractivity contribution is 6.32. The van der Waals surface area contributed by atoms with E-state index < -0.39 is 0 Å². The Morgan fingerprint density at radius 2 is 1.88 bits per heavy atom. The van der Waals surface area contributed by atoms with E-state index in [9.17, 15) is 4.39 Å². The van der Waals surface area contributed by atoms with E-state index in [0.29, 0.717) is 42.8 Å². The first kappa shape index (κ1) is 17.8. The minimum absolute atomic E-state index is 0.251. The van der Waals surface area contributed by atoms with Gasteiger partial charge in [0.1, 0.15) is 0 Å². The first-order valence-corrected chi connectivity index (χ1v) is 8.53. The van der Waals surface area contributed by atoms with Crippen LogP contribution in [0.5, 0.6) is 17.2 Å². The van der Waals surface area contributed by atoms with Crippen molar-refractivity contribution in [3.8, 4) is 17.2 Å². The molecule has 134 valence electrons. The van der Waals surface area contributed by atoms with Gasteiger partial charge in [-0.25, -0.2) is 4.39 Å². The van der Waals surface area contributed by atoms with Crippen LogP contribution in [-0.4, -0.2) is 32.3 Å². The first-order chi connectivity index (χ1) is 12.1. The molecule has 0 radical (unpaired) electrons. The normalized spacial score (nSPS) is 13.6. The van der Waals surface area contributed by atoms with Gasteiger partial charge in [0.15, 0.2) is 23.1 Å². The fourth-order valence-corrected chi connectivity index (χ4v) is 3.15. The highest BCUT2D eigenvalue weighted by Gasteiger charge is 2.16. The summed E-state index contributed by atoms with van der Waals surface area (Å²) in [7, 11) is 3.43. The third-order valence-corrected chi connectivity index (χ3v) is 4.26. The molecule has 1 aliphatic rings.